The summed E-state index contributed by atoms with van der Waals surface area (Å²) < 4.78 is 43.0. The summed E-state index contributed by atoms with van der Waals surface area (Å²) in [5.41, 5.74) is 0.987. The summed E-state index contributed by atoms with van der Waals surface area (Å²) in [6.07, 6.45) is -5.00. The van der Waals surface area contributed by atoms with Gasteiger partial charge in [0.1, 0.15) is 11.9 Å². The Morgan fingerprint density at radius 2 is 1.96 bits per heavy atom. The van der Waals surface area contributed by atoms with Crippen molar-refractivity contribution >= 4 is 17.3 Å². The van der Waals surface area contributed by atoms with E-state index in [4.69, 9.17) is 9.84 Å². The first-order valence-electron chi connectivity index (χ1n) is 8.40. The number of aliphatic hydroxyl groups is 1. The molecule has 2 unspecified atom stereocenters. The number of carbonyl (C=O) groups is 1. The van der Waals surface area contributed by atoms with Crippen molar-refractivity contribution in [3.63, 3.8) is 0 Å². The number of benzene rings is 1. The first kappa shape index (κ1) is 22.1. The van der Waals surface area contributed by atoms with E-state index in [0.29, 0.717) is 23.5 Å². The standard InChI is InChI=1S/C18H21F3N2O4S/c1-11(7-12-3-5-13(6-4-12)27-9-16(25)26)23(2)8-15(24)14-10-28-17(22-14)18(19,20)21/h3-6,10-11,15,24H,7-9H2,1-2H3,(H,25,26). The van der Waals surface area contributed by atoms with E-state index in [-0.39, 0.29) is 18.3 Å². The molecule has 0 saturated heterocycles. The lowest BCUT2D eigenvalue weighted by Crippen LogP contribution is -2.34. The highest BCUT2D eigenvalue weighted by molar-refractivity contribution is 7.09. The summed E-state index contributed by atoms with van der Waals surface area (Å²) in [6.45, 7) is 1.66. The fraction of sp³-hybridized carbons (Fsp3) is 0.444. The summed E-state index contributed by atoms with van der Waals surface area (Å²) in [4.78, 5) is 15.8. The number of aliphatic carboxylic acids is 1. The van der Waals surface area contributed by atoms with Crippen LogP contribution < -0.4 is 4.74 Å². The quantitative estimate of drug-likeness (QED) is 0.651. The minimum absolute atomic E-state index is 0.00107. The first-order chi connectivity index (χ1) is 13.1. The number of alkyl halides is 3. The number of halogens is 3. The zero-order chi connectivity index (χ0) is 20.9. The number of ether oxygens (including phenoxy) is 1. The maximum atomic E-state index is 12.6. The molecule has 2 aromatic rings. The highest BCUT2D eigenvalue weighted by Gasteiger charge is 2.35. The Labute approximate surface area is 164 Å². The van der Waals surface area contributed by atoms with Gasteiger partial charge in [-0.1, -0.05) is 12.1 Å². The van der Waals surface area contributed by atoms with Crippen LogP contribution in [-0.2, 0) is 17.4 Å². The van der Waals surface area contributed by atoms with Crippen molar-refractivity contribution in [1.82, 2.24) is 9.88 Å². The van der Waals surface area contributed by atoms with Gasteiger partial charge in [0.25, 0.3) is 0 Å². The molecule has 28 heavy (non-hydrogen) atoms. The van der Waals surface area contributed by atoms with Crippen LogP contribution in [0.1, 0.15) is 29.3 Å². The molecule has 0 saturated carbocycles. The maximum Gasteiger partial charge on any atom is 0.443 e. The highest BCUT2D eigenvalue weighted by atomic mass is 32.1. The molecule has 2 N–H and O–H groups in total. The number of aliphatic hydroxyl groups excluding tert-OH is 1. The average molecular weight is 418 g/mol. The monoisotopic (exact) mass is 418 g/mol. The number of likely N-dealkylation sites (N-methyl/N-ethyl adjacent to an activating group) is 1. The molecule has 0 spiro atoms. The molecular weight excluding hydrogens is 397 g/mol. The maximum absolute atomic E-state index is 12.6. The summed E-state index contributed by atoms with van der Waals surface area (Å²) in [5, 5.41) is 19.0. The van der Waals surface area contributed by atoms with Gasteiger partial charge in [-0.2, -0.15) is 13.2 Å². The normalized spacial score (nSPS) is 14.1. The molecule has 6 nitrogen and oxygen atoms in total. The smallest absolute Gasteiger partial charge is 0.443 e. The summed E-state index contributed by atoms with van der Waals surface area (Å²) in [7, 11) is 1.77. The summed E-state index contributed by atoms with van der Waals surface area (Å²) >= 11 is 0.467. The predicted molar refractivity (Wildman–Crippen MR) is 97.4 cm³/mol. The van der Waals surface area contributed by atoms with Gasteiger partial charge in [-0.25, -0.2) is 9.78 Å². The lowest BCUT2D eigenvalue weighted by Gasteiger charge is -2.26. The van der Waals surface area contributed by atoms with Gasteiger partial charge in [0.05, 0.1) is 5.69 Å². The van der Waals surface area contributed by atoms with Crippen LogP contribution in [0.3, 0.4) is 0 Å². The third kappa shape index (κ3) is 6.47. The Morgan fingerprint density at radius 1 is 1.32 bits per heavy atom. The zero-order valence-electron chi connectivity index (χ0n) is 15.3. The van der Waals surface area contributed by atoms with E-state index in [0.717, 1.165) is 5.56 Å². The first-order valence-corrected chi connectivity index (χ1v) is 9.28. The molecule has 154 valence electrons. The van der Waals surface area contributed by atoms with Crippen molar-refractivity contribution in [1.29, 1.82) is 0 Å². The van der Waals surface area contributed by atoms with Gasteiger partial charge >= 0.3 is 12.1 Å². The molecule has 2 atom stereocenters. The van der Waals surface area contributed by atoms with Gasteiger partial charge in [-0.15, -0.1) is 11.3 Å². The fourth-order valence-electron chi connectivity index (χ4n) is 2.48. The number of hydrogen-bond acceptors (Lipinski definition) is 6. The Kier molecular flexibility index (Phi) is 7.39. The SMILES string of the molecule is CC(Cc1ccc(OCC(=O)O)cc1)N(C)CC(O)c1csc(C(F)(F)F)n1. The van der Waals surface area contributed by atoms with Gasteiger partial charge < -0.3 is 19.8 Å². The Hall–Kier alpha value is -2.17. The van der Waals surface area contributed by atoms with Crippen molar-refractivity contribution in [2.75, 3.05) is 20.2 Å². The van der Waals surface area contributed by atoms with Gasteiger partial charge in [0.2, 0.25) is 0 Å². The molecule has 0 aliphatic carbocycles. The lowest BCUT2D eigenvalue weighted by molar-refractivity contribution is -0.139. The number of nitrogens with zero attached hydrogens (tertiary/aromatic N) is 2. The lowest BCUT2D eigenvalue weighted by atomic mass is 10.1. The summed E-state index contributed by atoms with van der Waals surface area (Å²) in [5.74, 6) is -0.605. The minimum atomic E-state index is -4.51. The van der Waals surface area contributed by atoms with E-state index in [9.17, 15) is 23.1 Å². The van der Waals surface area contributed by atoms with Crippen molar-refractivity contribution in [2.24, 2.45) is 0 Å². The summed E-state index contributed by atoms with van der Waals surface area (Å²) in [6, 6.07) is 6.98. The van der Waals surface area contributed by atoms with Crippen molar-refractivity contribution in [3.05, 3.63) is 45.9 Å². The van der Waals surface area contributed by atoms with Gasteiger partial charge in [-0.05, 0) is 38.1 Å². The molecule has 1 aromatic heterocycles. The van der Waals surface area contributed by atoms with Gasteiger partial charge in [0, 0.05) is 18.0 Å². The molecule has 10 heteroatoms. The zero-order valence-corrected chi connectivity index (χ0v) is 16.1. The molecule has 2 rings (SSSR count). The van der Waals surface area contributed by atoms with Crippen LogP contribution in [0.2, 0.25) is 0 Å². The number of thiazole rings is 1. The van der Waals surface area contributed by atoms with Crippen molar-refractivity contribution in [2.45, 2.75) is 31.7 Å². The van der Waals surface area contributed by atoms with Crippen LogP contribution in [0.5, 0.6) is 5.75 Å². The molecule has 0 amide bonds. The van der Waals surface area contributed by atoms with E-state index >= 15 is 0 Å². The molecule has 1 aromatic carbocycles. The second-order valence-electron chi connectivity index (χ2n) is 6.41. The van der Waals surface area contributed by atoms with Crippen LogP contribution >= 0.6 is 11.3 Å². The second kappa shape index (κ2) is 9.35. The third-order valence-electron chi connectivity index (χ3n) is 4.14. The number of hydrogen-bond donors (Lipinski definition) is 2. The van der Waals surface area contributed by atoms with Crippen molar-refractivity contribution < 1.29 is 32.9 Å². The molecule has 1 heterocycles. The Balaban J connectivity index is 1.89. The van der Waals surface area contributed by atoms with E-state index in [1.807, 2.05) is 24.0 Å². The number of carboxylic acid groups (broad SMARTS) is 1. The van der Waals surface area contributed by atoms with Crippen molar-refractivity contribution in [3.8, 4) is 5.75 Å². The predicted octanol–water partition coefficient (Wildman–Crippen LogP) is 3.22. The number of rotatable bonds is 9. The Morgan fingerprint density at radius 3 is 2.50 bits per heavy atom. The number of aromatic nitrogens is 1. The molecule has 0 fully saturated rings. The average Bonchev–Trinajstić information content (AvgIpc) is 3.11. The highest BCUT2D eigenvalue weighted by Crippen LogP contribution is 2.33. The van der Waals surface area contributed by atoms with Crippen LogP contribution in [0.4, 0.5) is 13.2 Å². The molecule has 0 aliphatic heterocycles. The molecule has 0 aliphatic rings. The fourth-order valence-corrected chi connectivity index (χ4v) is 3.21. The van der Waals surface area contributed by atoms with E-state index in [1.165, 1.54) is 5.38 Å². The topological polar surface area (TPSA) is 82.9 Å². The van der Waals surface area contributed by atoms with Crippen LogP contribution in [0, 0.1) is 0 Å². The molecule has 0 bridgehead atoms. The van der Waals surface area contributed by atoms with Crippen LogP contribution in [0.25, 0.3) is 0 Å². The second-order valence-corrected chi connectivity index (χ2v) is 7.27. The van der Waals surface area contributed by atoms with Gasteiger partial charge in [0.15, 0.2) is 11.6 Å². The van der Waals surface area contributed by atoms with Crippen LogP contribution in [-0.4, -0.2) is 52.3 Å². The van der Waals surface area contributed by atoms with Gasteiger partial charge in [-0.3, -0.25) is 0 Å². The number of carboxylic acids is 1. The van der Waals surface area contributed by atoms with E-state index in [2.05, 4.69) is 4.98 Å². The molecule has 0 radical (unpaired) electrons. The molecular formula is C18H21F3N2O4S. The minimum Gasteiger partial charge on any atom is -0.482 e. The van der Waals surface area contributed by atoms with Crippen LogP contribution in [0.15, 0.2) is 29.6 Å². The van der Waals surface area contributed by atoms with E-state index < -0.39 is 29.9 Å². The Bertz CT molecular complexity index is 780. The van der Waals surface area contributed by atoms with E-state index in [1.54, 1.807) is 19.2 Å². The largest absolute Gasteiger partial charge is 0.482 e. The third-order valence-corrected chi connectivity index (χ3v) is 5.04.